The van der Waals surface area contributed by atoms with Crippen molar-refractivity contribution in [3.63, 3.8) is 0 Å². The number of hydrogen-bond acceptors (Lipinski definition) is 5. The van der Waals surface area contributed by atoms with Crippen LogP contribution >= 0.6 is 11.8 Å². The first-order chi connectivity index (χ1) is 9.40. The molecular formula is C12H14FN3O3S. The second kappa shape index (κ2) is 5.28. The molecule has 1 aliphatic rings. The molecule has 1 amide bonds. The Labute approximate surface area is 119 Å². The first-order valence-electron chi connectivity index (χ1n) is 5.96. The van der Waals surface area contributed by atoms with Gasteiger partial charge in [0.05, 0.1) is 4.92 Å². The van der Waals surface area contributed by atoms with Gasteiger partial charge in [0.15, 0.2) is 0 Å². The van der Waals surface area contributed by atoms with Gasteiger partial charge < -0.3 is 11.1 Å². The molecule has 0 aromatic heterocycles. The van der Waals surface area contributed by atoms with Crippen LogP contribution in [-0.2, 0) is 0 Å². The molecule has 1 saturated carbocycles. The number of rotatable bonds is 5. The van der Waals surface area contributed by atoms with Crippen LogP contribution in [0, 0.1) is 15.9 Å². The lowest BCUT2D eigenvalue weighted by Crippen LogP contribution is -2.32. The lowest BCUT2D eigenvalue weighted by Gasteiger charge is -2.14. The molecule has 0 heterocycles. The van der Waals surface area contributed by atoms with Crippen LogP contribution in [0.15, 0.2) is 12.1 Å². The van der Waals surface area contributed by atoms with Crippen molar-refractivity contribution in [3.05, 3.63) is 33.6 Å². The Kier molecular flexibility index (Phi) is 3.85. The molecule has 1 aliphatic carbocycles. The molecule has 0 saturated heterocycles. The van der Waals surface area contributed by atoms with E-state index in [1.807, 2.05) is 6.26 Å². The molecule has 8 heteroatoms. The third-order valence-corrected chi connectivity index (χ3v) is 4.83. The van der Waals surface area contributed by atoms with E-state index in [1.165, 1.54) is 0 Å². The number of nitrogens with zero attached hydrogens (tertiary/aromatic N) is 1. The van der Waals surface area contributed by atoms with Crippen molar-refractivity contribution in [3.8, 4) is 0 Å². The number of anilines is 1. The van der Waals surface area contributed by atoms with E-state index in [-0.39, 0.29) is 4.75 Å². The van der Waals surface area contributed by atoms with Gasteiger partial charge in [-0.25, -0.2) is 4.39 Å². The van der Waals surface area contributed by atoms with E-state index in [9.17, 15) is 19.3 Å². The highest BCUT2D eigenvalue weighted by Gasteiger charge is 2.42. The number of nitrogen functional groups attached to an aromatic ring is 1. The monoisotopic (exact) mass is 299 g/mol. The van der Waals surface area contributed by atoms with Crippen molar-refractivity contribution in [2.75, 3.05) is 18.5 Å². The number of amides is 1. The van der Waals surface area contributed by atoms with E-state index < -0.39 is 33.6 Å². The summed E-state index contributed by atoms with van der Waals surface area (Å²) < 4.78 is 13.7. The molecule has 1 aromatic rings. The van der Waals surface area contributed by atoms with Gasteiger partial charge in [0, 0.05) is 17.4 Å². The number of halogens is 1. The number of nitro groups is 1. The first kappa shape index (κ1) is 14.6. The Balaban J connectivity index is 2.21. The second-order valence-electron chi connectivity index (χ2n) is 4.68. The normalized spacial score (nSPS) is 15.7. The predicted octanol–water partition coefficient (Wildman–Crippen LogP) is 1.94. The fourth-order valence-electron chi connectivity index (χ4n) is 1.89. The molecule has 0 aliphatic heterocycles. The molecule has 20 heavy (non-hydrogen) atoms. The highest BCUT2D eigenvalue weighted by molar-refractivity contribution is 8.00. The van der Waals surface area contributed by atoms with Crippen molar-refractivity contribution in [1.82, 2.24) is 5.32 Å². The van der Waals surface area contributed by atoms with Crippen LogP contribution in [0.4, 0.5) is 15.8 Å². The Morgan fingerprint density at radius 1 is 1.60 bits per heavy atom. The summed E-state index contributed by atoms with van der Waals surface area (Å²) in [5.74, 6) is -1.58. The Bertz CT molecular complexity index is 575. The van der Waals surface area contributed by atoms with Crippen molar-refractivity contribution in [2.45, 2.75) is 17.6 Å². The highest BCUT2D eigenvalue weighted by Crippen LogP contribution is 2.46. The minimum absolute atomic E-state index is 0.0155. The Morgan fingerprint density at radius 3 is 2.75 bits per heavy atom. The molecule has 2 rings (SSSR count). The molecule has 108 valence electrons. The maximum Gasteiger partial charge on any atom is 0.293 e. The summed E-state index contributed by atoms with van der Waals surface area (Å²) in [7, 11) is 0. The van der Waals surface area contributed by atoms with Crippen LogP contribution in [0.5, 0.6) is 0 Å². The molecule has 6 nitrogen and oxygen atoms in total. The molecule has 1 aromatic carbocycles. The van der Waals surface area contributed by atoms with Gasteiger partial charge in [-0.05, 0) is 25.2 Å². The number of carbonyl (C=O) groups excluding carboxylic acids is 1. The summed E-state index contributed by atoms with van der Waals surface area (Å²) >= 11 is 1.64. The summed E-state index contributed by atoms with van der Waals surface area (Å²) in [6.45, 7) is 0.397. The van der Waals surface area contributed by atoms with Crippen LogP contribution < -0.4 is 11.1 Å². The molecule has 0 unspecified atom stereocenters. The van der Waals surface area contributed by atoms with Gasteiger partial charge in [0.2, 0.25) is 0 Å². The summed E-state index contributed by atoms with van der Waals surface area (Å²) in [6.07, 6.45) is 3.92. The topological polar surface area (TPSA) is 98.3 Å². The van der Waals surface area contributed by atoms with Gasteiger partial charge in [-0.2, -0.15) is 11.8 Å². The number of nitrogens with one attached hydrogen (secondary N) is 1. The van der Waals surface area contributed by atoms with Crippen LogP contribution in [-0.4, -0.2) is 28.4 Å². The number of nitro benzene ring substituents is 1. The highest BCUT2D eigenvalue weighted by atomic mass is 32.2. The van der Waals surface area contributed by atoms with Gasteiger partial charge in [0.25, 0.3) is 11.6 Å². The fourth-order valence-corrected chi connectivity index (χ4v) is 2.62. The van der Waals surface area contributed by atoms with Gasteiger partial charge in [0.1, 0.15) is 17.1 Å². The van der Waals surface area contributed by atoms with Crippen molar-refractivity contribution >= 4 is 29.0 Å². The third-order valence-electron chi connectivity index (χ3n) is 3.41. The van der Waals surface area contributed by atoms with E-state index in [2.05, 4.69) is 5.32 Å². The van der Waals surface area contributed by atoms with Crippen molar-refractivity contribution < 1.29 is 14.1 Å². The van der Waals surface area contributed by atoms with Crippen molar-refractivity contribution in [2.24, 2.45) is 0 Å². The minimum Gasteiger partial charge on any atom is -0.392 e. The quantitative estimate of drug-likeness (QED) is 0.492. The maximum atomic E-state index is 13.7. The largest absolute Gasteiger partial charge is 0.392 e. The van der Waals surface area contributed by atoms with Crippen LogP contribution in [0.1, 0.15) is 23.2 Å². The number of hydrogen-bond donors (Lipinski definition) is 2. The number of benzene rings is 1. The van der Waals surface area contributed by atoms with Crippen LogP contribution in [0.3, 0.4) is 0 Å². The smallest absolute Gasteiger partial charge is 0.293 e. The Morgan fingerprint density at radius 2 is 2.25 bits per heavy atom. The van der Waals surface area contributed by atoms with E-state index in [1.54, 1.807) is 11.8 Å². The fraction of sp³-hybridized carbons (Fsp3) is 0.417. The third kappa shape index (κ3) is 2.69. The number of nitrogens with two attached hydrogens (primary N) is 1. The predicted molar refractivity (Wildman–Crippen MR) is 75.3 cm³/mol. The summed E-state index contributed by atoms with van der Waals surface area (Å²) in [5, 5.41) is 13.3. The minimum atomic E-state index is -0.861. The number of carbonyl (C=O) groups is 1. The van der Waals surface area contributed by atoms with E-state index in [0.29, 0.717) is 6.54 Å². The Hall–Kier alpha value is -1.83. The molecule has 3 N–H and O–H groups in total. The molecular weight excluding hydrogens is 285 g/mol. The van der Waals surface area contributed by atoms with E-state index >= 15 is 0 Å². The van der Waals surface area contributed by atoms with E-state index in [0.717, 1.165) is 25.0 Å². The van der Waals surface area contributed by atoms with Crippen LogP contribution in [0.2, 0.25) is 0 Å². The molecule has 0 radical (unpaired) electrons. The molecule has 0 spiro atoms. The molecule has 0 atom stereocenters. The molecule has 1 fully saturated rings. The van der Waals surface area contributed by atoms with Gasteiger partial charge in [-0.3, -0.25) is 14.9 Å². The number of thioether (sulfide) groups is 1. The summed E-state index contributed by atoms with van der Waals surface area (Å²) in [4.78, 5) is 22.0. The zero-order valence-corrected chi connectivity index (χ0v) is 11.6. The lowest BCUT2D eigenvalue weighted by molar-refractivity contribution is -0.384. The second-order valence-corrected chi connectivity index (χ2v) is 5.96. The zero-order valence-electron chi connectivity index (χ0n) is 10.8. The standard InChI is InChI=1S/C12H14FN3O3S/c1-20-12(4-5-12)6-15-11(17)9-7(13)2-3-8(10(9)14)16(18)19/h2-3H,4-6,14H2,1H3,(H,15,17). The van der Waals surface area contributed by atoms with Gasteiger partial charge in [-0.1, -0.05) is 0 Å². The van der Waals surface area contributed by atoms with Crippen molar-refractivity contribution in [1.29, 1.82) is 0 Å². The average Bonchev–Trinajstić information content (AvgIpc) is 3.16. The molecule has 0 bridgehead atoms. The SMILES string of the molecule is CSC1(CNC(=O)c2c(F)ccc([N+](=O)[O-])c2N)CC1. The summed E-state index contributed by atoms with van der Waals surface area (Å²) in [5.41, 5.74) is 4.15. The van der Waals surface area contributed by atoms with Crippen LogP contribution in [0.25, 0.3) is 0 Å². The maximum absolute atomic E-state index is 13.7. The summed E-state index contributed by atoms with van der Waals surface area (Å²) in [6, 6.07) is 1.83. The lowest BCUT2D eigenvalue weighted by atomic mass is 10.1. The first-order valence-corrected chi connectivity index (χ1v) is 7.18. The average molecular weight is 299 g/mol. The van der Waals surface area contributed by atoms with Gasteiger partial charge in [-0.15, -0.1) is 0 Å². The zero-order chi connectivity index (χ0) is 14.9. The van der Waals surface area contributed by atoms with Gasteiger partial charge >= 0.3 is 0 Å². The van der Waals surface area contributed by atoms with E-state index in [4.69, 9.17) is 5.73 Å².